The Morgan fingerprint density at radius 1 is 1.20 bits per heavy atom. The molecule has 2 aliphatic rings. The molecule has 1 aromatic carbocycles. The molecule has 30 heavy (non-hydrogen) atoms. The van der Waals surface area contributed by atoms with Gasteiger partial charge in [0.1, 0.15) is 0 Å². The lowest BCUT2D eigenvalue weighted by Gasteiger charge is -2.31. The van der Waals surface area contributed by atoms with Crippen LogP contribution in [0.3, 0.4) is 0 Å². The smallest absolute Gasteiger partial charge is 0.257 e. The van der Waals surface area contributed by atoms with Crippen LogP contribution in [0.25, 0.3) is 0 Å². The molecule has 6 nitrogen and oxygen atoms in total. The minimum atomic E-state index is -3.55. The molecule has 8 heteroatoms. The summed E-state index contributed by atoms with van der Waals surface area (Å²) in [6, 6.07) is 14.1. The number of allylic oxidation sites excluding steroid dienone is 2. The van der Waals surface area contributed by atoms with Crippen LogP contribution in [0.2, 0.25) is 0 Å². The number of hydrogen-bond donors (Lipinski definition) is 0. The highest BCUT2D eigenvalue weighted by molar-refractivity contribution is 7.90. The fourth-order valence-electron chi connectivity index (χ4n) is 3.47. The minimum absolute atomic E-state index is 0.0471. The number of rotatable bonds is 6. The number of nitrogens with zero attached hydrogens (tertiary/aromatic N) is 3. The monoisotopic (exact) mass is 441 g/mol. The first-order valence-corrected chi connectivity index (χ1v) is 12.2. The van der Waals surface area contributed by atoms with E-state index < -0.39 is 10.0 Å². The van der Waals surface area contributed by atoms with Gasteiger partial charge in [-0.1, -0.05) is 30.3 Å². The summed E-state index contributed by atoms with van der Waals surface area (Å²) in [5, 5.41) is 0. The van der Waals surface area contributed by atoms with Gasteiger partial charge >= 0.3 is 0 Å². The average Bonchev–Trinajstić information content (AvgIpc) is 3.15. The highest BCUT2D eigenvalue weighted by atomic mass is 32.2. The van der Waals surface area contributed by atoms with E-state index in [1.165, 1.54) is 4.88 Å². The van der Waals surface area contributed by atoms with Gasteiger partial charge in [0.05, 0.1) is 17.9 Å². The van der Waals surface area contributed by atoms with Crippen LogP contribution in [0, 0.1) is 6.92 Å². The number of amides is 1. The molecule has 3 heterocycles. The first-order valence-electron chi connectivity index (χ1n) is 9.78. The minimum Gasteiger partial charge on any atom is -0.333 e. The second-order valence-electron chi connectivity index (χ2n) is 7.29. The Kier molecular flexibility index (Phi) is 5.87. The molecule has 1 amide bonds. The standard InChI is InChI=1S/C22H23N3O3S2/c1-17-9-10-19(29-17)16-25(13-11-18-6-3-2-4-7-18)22(26)20-8-5-12-24-14-15-30(27,28)23-21(20)24/h2-10,12H,11,13-16H2,1H3. The Labute approximate surface area is 180 Å². The molecule has 2 aromatic rings. The summed E-state index contributed by atoms with van der Waals surface area (Å²) < 4.78 is 28.0. The van der Waals surface area contributed by atoms with Crippen LogP contribution in [0.4, 0.5) is 0 Å². The third-order valence-corrected chi connectivity index (χ3v) is 7.17. The van der Waals surface area contributed by atoms with Crippen molar-refractivity contribution in [2.45, 2.75) is 19.9 Å². The molecule has 0 radical (unpaired) electrons. The number of amidine groups is 1. The van der Waals surface area contributed by atoms with Crippen LogP contribution < -0.4 is 0 Å². The van der Waals surface area contributed by atoms with Crippen LogP contribution in [0.1, 0.15) is 15.3 Å². The third-order valence-electron chi connectivity index (χ3n) is 5.03. The van der Waals surface area contributed by atoms with Crippen molar-refractivity contribution in [3.05, 3.63) is 81.7 Å². The molecule has 0 aliphatic carbocycles. The highest BCUT2D eigenvalue weighted by Gasteiger charge is 2.32. The van der Waals surface area contributed by atoms with Gasteiger partial charge in [-0.15, -0.1) is 15.7 Å². The van der Waals surface area contributed by atoms with Crippen LogP contribution in [0.15, 0.2) is 70.8 Å². The zero-order valence-corrected chi connectivity index (χ0v) is 18.3. The van der Waals surface area contributed by atoms with E-state index in [1.807, 2.05) is 49.4 Å². The quantitative estimate of drug-likeness (QED) is 0.691. The molecule has 0 unspecified atom stereocenters. The number of carbonyl (C=O) groups excluding carboxylic acids is 1. The van der Waals surface area contributed by atoms with E-state index in [-0.39, 0.29) is 17.5 Å². The van der Waals surface area contributed by atoms with E-state index in [2.05, 4.69) is 4.40 Å². The zero-order valence-electron chi connectivity index (χ0n) is 16.7. The normalized spacial score (nSPS) is 17.2. The molecule has 0 fully saturated rings. The van der Waals surface area contributed by atoms with Gasteiger partial charge < -0.3 is 9.80 Å². The first-order chi connectivity index (χ1) is 14.4. The summed E-state index contributed by atoms with van der Waals surface area (Å²) in [7, 11) is -3.55. The van der Waals surface area contributed by atoms with Crippen molar-refractivity contribution in [2.24, 2.45) is 4.40 Å². The molecular weight excluding hydrogens is 418 g/mol. The van der Waals surface area contributed by atoms with Gasteiger partial charge in [0.25, 0.3) is 15.9 Å². The Balaban J connectivity index is 1.61. The molecule has 0 bridgehead atoms. The average molecular weight is 442 g/mol. The van der Waals surface area contributed by atoms with Crippen LogP contribution in [0.5, 0.6) is 0 Å². The van der Waals surface area contributed by atoms with Gasteiger partial charge in [-0.2, -0.15) is 0 Å². The van der Waals surface area contributed by atoms with Gasteiger partial charge in [-0.3, -0.25) is 4.79 Å². The molecule has 0 saturated carbocycles. The zero-order chi connectivity index (χ0) is 21.1. The van der Waals surface area contributed by atoms with Gasteiger partial charge in [0, 0.05) is 29.0 Å². The molecule has 156 valence electrons. The van der Waals surface area contributed by atoms with E-state index in [9.17, 15) is 13.2 Å². The summed E-state index contributed by atoms with van der Waals surface area (Å²) in [4.78, 5) is 19.3. The summed E-state index contributed by atoms with van der Waals surface area (Å²) in [6.45, 7) is 3.35. The lowest BCUT2D eigenvalue weighted by atomic mass is 10.1. The summed E-state index contributed by atoms with van der Waals surface area (Å²) >= 11 is 1.66. The van der Waals surface area contributed by atoms with E-state index in [0.29, 0.717) is 31.6 Å². The maximum absolute atomic E-state index is 13.5. The molecular formula is C22H23N3O3S2. The van der Waals surface area contributed by atoms with Crippen molar-refractivity contribution in [1.82, 2.24) is 9.80 Å². The van der Waals surface area contributed by atoms with Gasteiger partial charge in [-0.05, 0) is 43.2 Å². The fourth-order valence-corrected chi connectivity index (χ4v) is 5.36. The van der Waals surface area contributed by atoms with Crippen molar-refractivity contribution < 1.29 is 13.2 Å². The van der Waals surface area contributed by atoms with Crippen LogP contribution in [-0.4, -0.2) is 48.8 Å². The fraction of sp³-hybridized carbons (Fsp3) is 0.273. The molecule has 0 spiro atoms. The van der Waals surface area contributed by atoms with Gasteiger partial charge in [0.2, 0.25) is 0 Å². The van der Waals surface area contributed by atoms with Crippen molar-refractivity contribution in [3.8, 4) is 0 Å². The SMILES string of the molecule is Cc1ccc(CN(CCc2ccccc2)C(=O)C2=CC=CN3CCS(=O)(=O)N=C23)s1. The predicted octanol–water partition coefficient (Wildman–Crippen LogP) is 3.13. The molecule has 1 aromatic heterocycles. The summed E-state index contributed by atoms with van der Waals surface area (Å²) in [5.74, 6) is -0.0304. The number of carbonyl (C=O) groups is 1. The molecule has 0 atom stereocenters. The number of benzene rings is 1. The predicted molar refractivity (Wildman–Crippen MR) is 120 cm³/mol. The van der Waals surface area contributed by atoms with Crippen LogP contribution >= 0.6 is 11.3 Å². The third kappa shape index (κ3) is 4.71. The van der Waals surface area contributed by atoms with Crippen molar-refractivity contribution in [2.75, 3.05) is 18.8 Å². The molecule has 2 aliphatic heterocycles. The van der Waals surface area contributed by atoms with Crippen molar-refractivity contribution in [3.63, 3.8) is 0 Å². The first kappa shape index (κ1) is 20.6. The number of sulfonamides is 1. The second kappa shape index (κ2) is 8.57. The topological polar surface area (TPSA) is 70.1 Å². The Morgan fingerprint density at radius 2 is 2.00 bits per heavy atom. The Bertz CT molecular complexity index is 1130. The number of thiophene rings is 1. The lowest BCUT2D eigenvalue weighted by Crippen LogP contribution is -2.43. The van der Waals surface area contributed by atoms with Gasteiger partial charge in [-0.25, -0.2) is 8.42 Å². The maximum atomic E-state index is 13.5. The molecule has 4 rings (SSSR count). The van der Waals surface area contributed by atoms with E-state index in [1.54, 1.807) is 39.5 Å². The Hall–Kier alpha value is -2.71. The second-order valence-corrected chi connectivity index (χ2v) is 10.4. The maximum Gasteiger partial charge on any atom is 0.257 e. The largest absolute Gasteiger partial charge is 0.333 e. The number of fused-ring (bicyclic) bond motifs is 1. The van der Waals surface area contributed by atoms with Crippen LogP contribution in [-0.2, 0) is 27.8 Å². The van der Waals surface area contributed by atoms with Crippen molar-refractivity contribution >= 4 is 33.1 Å². The summed E-state index contributed by atoms with van der Waals surface area (Å²) in [6.07, 6.45) is 5.92. The number of aryl methyl sites for hydroxylation is 1. The van der Waals surface area contributed by atoms with E-state index in [0.717, 1.165) is 10.4 Å². The van der Waals surface area contributed by atoms with Gasteiger partial charge in [0.15, 0.2) is 5.84 Å². The van der Waals surface area contributed by atoms with E-state index in [4.69, 9.17) is 0 Å². The summed E-state index contributed by atoms with van der Waals surface area (Å²) in [5.41, 5.74) is 1.47. The van der Waals surface area contributed by atoms with E-state index >= 15 is 0 Å². The molecule has 0 saturated heterocycles. The van der Waals surface area contributed by atoms with Crippen molar-refractivity contribution in [1.29, 1.82) is 0 Å². The number of hydrogen-bond acceptors (Lipinski definition) is 5. The Morgan fingerprint density at radius 3 is 2.73 bits per heavy atom. The lowest BCUT2D eigenvalue weighted by molar-refractivity contribution is -0.127. The molecule has 0 N–H and O–H groups in total. The highest BCUT2D eigenvalue weighted by Crippen LogP contribution is 2.23.